The molecular weight excluding hydrogens is 244 g/mol. The molecule has 14 heavy (non-hydrogen) atoms. The molecule has 0 spiro atoms. The number of ketones is 1. The van der Waals surface area contributed by atoms with Crippen LogP contribution in [0.1, 0.15) is 34.6 Å². The van der Waals surface area contributed by atoms with Gasteiger partial charge in [0, 0.05) is 17.0 Å². The zero-order valence-corrected chi connectivity index (χ0v) is 9.67. The van der Waals surface area contributed by atoms with E-state index in [9.17, 15) is 9.59 Å². The molecule has 1 aromatic rings. The first-order valence-electron chi connectivity index (χ1n) is 4.36. The van der Waals surface area contributed by atoms with Gasteiger partial charge >= 0.3 is 0 Å². The average Bonchev–Trinajstić information content (AvgIpc) is 2.16. The monoisotopic (exact) mass is 254 g/mol. The molecule has 3 heteroatoms. The van der Waals surface area contributed by atoms with Gasteiger partial charge in [0.25, 0.3) is 0 Å². The summed E-state index contributed by atoms with van der Waals surface area (Å²) < 4.78 is -0.166. The summed E-state index contributed by atoms with van der Waals surface area (Å²) in [7, 11) is 0. The van der Waals surface area contributed by atoms with Gasteiger partial charge in [-0.15, -0.1) is 0 Å². The molecule has 0 atom stereocenters. The second-order valence-corrected chi connectivity index (χ2v) is 4.09. The van der Waals surface area contributed by atoms with Crippen LogP contribution in [-0.4, -0.2) is 10.5 Å². The molecule has 0 aliphatic heterocycles. The third-order valence-electron chi connectivity index (χ3n) is 1.92. The fourth-order valence-corrected chi connectivity index (χ4v) is 1.36. The van der Waals surface area contributed by atoms with E-state index in [0.717, 1.165) is 0 Å². The van der Waals surface area contributed by atoms with E-state index in [4.69, 9.17) is 0 Å². The number of Topliss-reactive ketones (excluding diaryl/α,β-unsaturated/α-hetero) is 1. The van der Waals surface area contributed by atoms with Crippen molar-refractivity contribution in [3.8, 4) is 0 Å². The molecule has 0 radical (unpaired) electrons. The Bertz CT molecular complexity index is 352. The van der Waals surface area contributed by atoms with Gasteiger partial charge in [0.05, 0.1) is 0 Å². The SMILES string of the molecule is CC(C)C(=O)c1ccc(C(=O)Br)cc1. The van der Waals surface area contributed by atoms with E-state index >= 15 is 0 Å². The van der Waals surface area contributed by atoms with E-state index in [-0.39, 0.29) is 16.4 Å². The first kappa shape index (κ1) is 11.1. The van der Waals surface area contributed by atoms with Gasteiger partial charge in [0.1, 0.15) is 0 Å². The number of rotatable bonds is 3. The zero-order valence-electron chi connectivity index (χ0n) is 8.08. The van der Waals surface area contributed by atoms with Gasteiger partial charge in [0.2, 0.25) is 4.69 Å². The highest BCUT2D eigenvalue weighted by Crippen LogP contribution is 2.11. The van der Waals surface area contributed by atoms with Crippen LogP contribution in [0.4, 0.5) is 0 Å². The van der Waals surface area contributed by atoms with Crippen LogP contribution in [0, 0.1) is 5.92 Å². The second kappa shape index (κ2) is 4.51. The molecule has 74 valence electrons. The molecule has 2 nitrogen and oxygen atoms in total. The Balaban J connectivity index is 2.94. The standard InChI is InChI=1S/C11H11BrO2/c1-7(2)10(13)8-3-5-9(6-4-8)11(12)14/h3-7H,1-2H3. The van der Waals surface area contributed by atoms with Crippen molar-refractivity contribution in [1.29, 1.82) is 0 Å². The lowest BCUT2D eigenvalue weighted by Gasteiger charge is -2.03. The minimum atomic E-state index is -0.166. The van der Waals surface area contributed by atoms with Crippen molar-refractivity contribution < 1.29 is 9.59 Å². The Hall–Kier alpha value is -0.960. The van der Waals surface area contributed by atoms with Gasteiger partial charge in [-0.2, -0.15) is 0 Å². The average molecular weight is 255 g/mol. The highest BCUT2D eigenvalue weighted by atomic mass is 79.9. The summed E-state index contributed by atoms with van der Waals surface area (Å²) in [6, 6.07) is 6.65. The number of hydrogen-bond acceptors (Lipinski definition) is 2. The van der Waals surface area contributed by atoms with Crippen LogP contribution in [0.15, 0.2) is 24.3 Å². The van der Waals surface area contributed by atoms with E-state index in [0.29, 0.717) is 11.1 Å². The third-order valence-corrected chi connectivity index (χ3v) is 2.38. The van der Waals surface area contributed by atoms with Crippen LogP contribution in [0.3, 0.4) is 0 Å². The third kappa shape index (κ3) is 2.51. The van der Waals surface area contributed by atoms with Gasteiger partial charge < -0.3 is 0 Å². The maximum atomic E-state index is 11.5. The number of halogens is 1. The first-order chi connectivity index (χ1) is 6.52. The van der Waals surface area contributed by atoms with Crippen molar-refractivity contribution in [3.63, 3.8) is 0 Å². The van der Waals surface area contributed by atoms with Crippen molar-refractivity contribution in [2.24, 2.45) is 5.92 Å². The van der Waals surface area contributed by atoms with Crippen molar-refractivity contribution in [2.75, 3.05) is 0 Å². The molecule has 0 amide bonds. The van der Waals surface area contributed by atoms with Gasteiger partial charge in [-0.3, -0.25) is 9.59 Å². The molecule has 1 aromatic carbocycles. The summed E-state index contributed by atoms with van der Waals surface area (Å²) in [4.78, 5) is 22.4. The van der Waals surface area contributed by atoms with Crippen LogP contribution in [-0.2, 0) is 0 Å². The molecule has 0 heterocycles. The normalized spacial score (nSPS) is 10.3. The Morgan fingerprint density at radius 1 is 1.07 bits per heavy atom. The van der Waals surface area contributed by atoms with E-state index < -0.39 is 0 Å². The Kier molecular flexibility index (Phi) is 3.58. The van der Waals surface area contributed by atoms with Gasteiger partial charge in [-0.25, -0.2) is 0 Å². The highest BCUT2D eigenvalue weighted by Gasteiger charge is 2.10. The van der Waals surface area contributed by atoms with E-state index in [1.807, 2.05) is 13.8 Å². The van der Waals surface area contributed by atoms with Crippen LogP contribution < -0.4 is 0 Å². The van der Waals surface area contributed by atoms with Crippen molar-refractivity contribution in [2.45, 2.75) is 13.8 Å². The van der Waals surface area contributed by atoms with Crippen molar-refractivity contribution in [1.82, 2.24) is 0 Å². The minimum Gasteiger partial charge on any atom is -0.294 e. The van der Waals surface area contributed by atoms with Crippen LogP contribution in [0.5, 0.6) is 0 Å². The lowest BCUT2D eigenvalue weighted by atomic mass is 10.0. The van der Waals surface area contributed by atoms with Crippen LogP contribution in [0.2, 0.25) is 0 Å². The zero-order chi connectivity index (χ0) is 10.7. The molecule has 0 unspecified atom stereocenters. The van der Waals surface area contributed by atoms with Gasteiger partial charge in [-0.05, 0) is 28.1 Å². The van der Waals surface area contributed by atoms with Crippen molar-refractivity contribution in [3.05, 3.63) is 35.4 Å². The molecule has 0 aliphatic rings. The summed E-state index contributed by atoms with van der Waals surface area (Å²) in [6.07, 6.45) is 0. The second-order valence-electron chi connectivity index (χ2n) is 3.37. The summed E-state index contributed by atoms with van der Waals surface area (Å²) in [5.74, 6) is 0.0825. The Morgan fingerprint density at radius 2 is 1.50 bits per heavy atom. The van der Waals surface area contributed by atoms with E-state index in [1.165, 1.54) is 0 Å². The summed E-state index contributed by atoms with van der Waals surface area (Å²) in [5.41, 5.74) is 1.21. The minimum absolute atomic E-state index is 0.0134. The fourth-order valence-electron chi connectivity index (χ4n) is 1.10. The molecule has 0 N–H and O–H groups in total. The highest BCUT2D eigenvalue weighted by molar-refractivity contribution is 9.18. The maximum Gasteiger partial charge on any atom is 0.228 e. The number of carbonyl (C=O) groups excluding carboxylic acids is 2. The smallest absolute Gasteiger partial charge is 0.228 e. The quantitative estimate of drug-likeness (QED) is 0.614. The predicted octanol–water partition coefficient (Wildman–Crippen LogP) is 3.06. The van der Waals surface area contributed by atoms with E-state index in [1.54, 1.807) is 24.3 Å². The van der Waals surface area contributed by atoms with E-state index in [2.05, 4.69) is 15.9 Å². The number of benzene rings is 1. The molecule has 0 aliphatic carbocycles. The molecule has 1 rings (SSSR count). The summed E-state index contributed by atoms with van der Waals surface area (Å²) in [6.45, 7) is 3.71. The molecular formula is C11H11BrO2. The molecule has 0 fully saturated rings. The first-order valence-corrected chi connectivity index (χ1v) is 5.15. The topological polar surface area (TPSA) is 34.1 Å². The number of carbonyl (C=O) groups is 2. The van der Waals surface area contributed by atoms with Crippen molar-refractivity contribution >= 4 is 26.4 Å². The lowest BCUT2D eigenvalue weighted by molar-refractivity contribution is 0.0938. The molecule has 0 saturated heterocycles. The van der Waals surface area contributed by atoms with Gasteiger partial charge in [0.15, 0.2) is 5.78 Å². The largest absolute Gasteiger partial charge is 0.294 e. The fraction of sp³-hybridized carbons (Fsp3) is 0.273. The summed E-state index contributed by atoms with van der Waals surface area (Å²) >= 11 is 2.85. The number of hydrogen-bond donors (Lipinski definition) is 0. The maximum absolute atomic E-state index is 11.5. The lowest BCUT2D eigenvalue weighted by Crippen LogP contribution is -2.07. The Labute approximate surface area is 91.4 Å². The molecule has 0 aromatic heterocycles. The van der Waals surface area contributed by atoms with Crippen LogP contribution in [0.25, 0.3) is 0 Å². The predicted molar refractivity (Wildman–Crippen MR) is 58.9 cm³/mol. The Morgan fingerprint density at radius 3 is 1.86 bits per heavy atom. The van der Waals surface area contributed by atoms with Gasteiger partial charge in [-0.1, -0.05) is 26.0 Å². The van der Waals surface area contributed by atoms with Crippen LogP contribution >= 0.6 is 15.9 Å². The summed E-state index contributed by atoms with van der Waals surface area (Å²) in [5, 5.41) is 0. The molecule has 0 saturated carbocycles. The molecule has 0 bridgehead atoms.